The third-order valence-corrected chi connectivity index (χ3v) is 11.2. The standard InChI is InChI=1S/C51H95NO5/c1-3-5-7-9-11-13-15-17-19-20-21-23-25-29-33-37-41-45-51(56)57-46-42-38-34-30-26-28-32-36-40-44-50(55)52-48(47-53)49(54)43-39-35-31-27-24-22-18-16-14-12-10-8-6-4-2/h11,13,17,19,28,32,48-49,53-54H,3-10,12,14-16,18,20-27,29-31,33-47H2,1-2H3,(H,52,55)/b13-11-,19-17-,32-28-. The quantitative estimate of drug-likeness (QED) is 0.0324. The molecule has 0 aromatic heterocycles. The summed E-state index contributed by atoms with van der Waals surface area (Å²) in [7, 11) is 0. The lowest BCUT2D eigenvalue weighted by Gasteiger charge is -2.22. The van der Waals surface area contributed by atoms with Crippen molar-refractivity contribution >= 4 is 11.9 Å². The van der Waals surface area contributed by atoms with E-state index < -0.39 is 12.1 Å². The number of aliphatic hydroxyl groups excluding tert-OH is 2. The molecule has 6 nitrogen and oxygen atoms in total. The van der Waals surface area contributed by atoms with Gasteiger partial charge in [0.05, 0.1) is 25.4 Å². The molecule has 0 saturated heterocycles. The number of rotatable bonds is 45. The van der Waals surface area contributed by atoms with Crippen LogP contribution in [0.4, 0.5) is 0 Å². The average molecular weight is 802 g/mol. The third-order valence-electron chi connectivity index (χ3n) is 11.2. The molecule has 334 valence electrons. The molecule has 0 aliphatic heterocycles. The molecular formula is C51H95NO5. The van der Waals surface area contributed by atoms with E-state index in [1.807, 2.05) is 0 Å². The van der Waals surface area contributed by atoms with Crippen LogP contribution >= 0.6 is 0 Å². The maximum absolute atomic E-state index is 12.4. The lowest BCUT2D eigenvalue weighted by Crippen LogP contribution is -2.45. The van der Waals surface area contributed by atoms with Crippen LogP contribution in [0.15, 0.2) is 36.5 Å². The van der Waals surface area contributed by atoms with Gasteiger partial charge < -0.3 is 20.3 Å². The molecule has 0 aromatic rings. The van der Waals surface area contributed by atoms with E-state index in [0.717, 1.165) is 77.0 Å². The van der Waals surface area contributed by atoms with E-state index in [4.69, 9.17) is 4.74 Å². The summed E-state index contributed by atoms with van der Waals surface area (Å²) < 4.78 is 5.44. The highest BCUT2D eigenvalue weighted by Crippen LogP contribution is 2.15. The van der Waals surface area contributed by atoms with Gasteiger partial charge in [-0.15, -0.1) is 0 Å². The number of nitrogens with one attached hydrogen (secondary N) is 1. The minimum absolute atomic E-state index is 0.0440. The van der Waals surface area contributed by atoms with Gasteiger partial charge in [0.25, 0.3) is 0 Å². The van der Waals surface area contributed by atoms with Crippen LogP contribution in [0.5, 0.6) is 0 Å². The molecule has 2 atom stereocenters. The van der Waals surface area contributed by atoms with Crippen LogP contribution in [0.25, 0.3) is 0 Å². The fraction of sp³-hybridized carbons (Fsp3) is 0.843. The number of ether oxygens (including phenoxy) is 1. The smallest absolute Gasteiger partial charge is 0.305 e. The van der Waals surface area contributed by atoms with Crippen LogP contribution in [-0.4, -0.2) is 47.4 Å². The second-order valence-electron chi connectivity index (χ2n) is 16.8. The summed E-state index contributed by atoms with van der Waals surface area (Å²) in [6.45, 7) is 4.82. The van der Waals surface area contributed by atoms with Crippen LogP contribution in [0.2, 0.25) is 0 Å². The normalized spacial score (nSPS) is 13.0. The molecule has 2 unspecified atom stereocenters. The Kier molecular flexibility index (Phi) is 45.2. The van der Waals surface area contributed by atoms with Crippen molar-refractivity contribution in [1.82, 2.24) is 5.32 Å². The number of hydrogen-bond donors (Lipinski definition) is 3. The predicted molar refractivity (Wildman–Crippen MR) is 246 cm³/mol. The Morgan fingerprint density at radius 1 is 0.491 bits per heavy atom. The van der Waals surface area contributed by atoms with Crippen LogP contribution in [0.3, 0.4) is 0 Å². The van der Waals surface area contributed by atoms with Gasteiger partial charge in [0.2, 0.25) is 5.91 Å². The van der Waals surface area contributed by atoms with Gasteiger partial charge in [0, 0.05) is 12.8 Å². The largest absolute Gasteiger partial charge is 0.466 e. The molecule has 0 bridgehead atoms. The zero-order chi connectivity index (χ0) is 41.5. The van der Waals surface area contributed by atoms with Crippen LogP contribution in [-0.2, 0) is 14.3 Å². The molecule has 6 heteroatoms. The van der Waals surface area contributed by atoms with E-state index in [1.165, 1.54) is 141 Å². The topological polar surface area (TPSA) is 95.9 Å². The Morgan fingerprint density at radius 3 is 1.42 bits per heavy atom. The van der Waals surface area contributed by atoms with E-state index in [-0.39, 0.29) is 18.5 Å². The van der Waals surface area contributed by atoms with Crippen molar-refractivity contribution in [2.45, 2.75) is 264 Å². The minimum atomic E-state index is -0.695. The highest BCUT2D eigenvalue weighted by atomic mass is 16.5. The molecule has 0 spiro atoms. The van der Waals surface area contributed by atoms with Crippen molar-refractivity contribution in [2.24, 2.45) is 0 Å². The van der Waals surface area contributed by atoms with Crippen molar-refractivity contribution < 1.29 is 24.5 Å². The molecule has 0 fully saturated rings. The number of esters is 1. The molecule has 0 rings (SSSR count). The molecule has 1 amide bonds. The molecular weight excluding hydrogens is 707 g/mol. The Bertz CT molecular complexity index is 931. The average Bonchev–Trinajstić information content (AvgIpc) is 3.21. The number of aliphatic hydroxyl groups is 2. The first-order chi connectivity index (χ1) is 28.0. The highest BCUT2D eigenvalue weighted by molar-refractivity contribution is 5.76. The van der Waals surface area contributed by atoms with E-state index in [2.05, 4.69) is 55.6 Å². The maximum atomic E-state index is 12.4. The molecule has 0 aliphatic carbocycles. The summed E-state index contributed by atoms with van der Waals surface area (Å²) in [6.07, 6.45) is 55.4. The molecule has 0 aromatic carbocycles. The SMILES string of the molecule is CCCCC/C=C\C/C=C\CCCCCCCCCC(=O)OCCCCCC/C=C\CCCC(=O)NC(CO)C(O)CCCCCCCCCCCCCCCC. The fourth-order valence-corrected chi connectivity index (χ4v) is 7.32. The Balaban J connectivity index is 3.55. The van der Waals surface area contributed by atoms with Crippen LogP contribution < -0.4 is 5.32 Å². The zero-order valence-electron chi connectivity index (χ0n) is 37.8. The Labute approximate surface area is 353 Å². The van der Waals surface area contributed by atoms with Gasteiger partial charge in [-0.3, -0.25) is 9.59 Å². The fourth-order valence-electron chi connectivity index (χ4n) is 7.32. The van der Waals surface area contributed by atoms with Gasteiger partial charge in [-0.25, -0.2) is 0 Å². The molecule has 0 heterocycles. The van der Waals surface area contributed by atoms with Crippen LogP contribution in [0, 0.1) is 0 Å². The number of carbonyl (C=O) groups excluding carboxylic acids is 2. The monoisotopic (exact) mass is 802 g/mol. The molecule has 0 aliphatic rings. The Hall–Kier alpha value is -1.92. The highest BCUT2D eigenvalue weighted by Gasteiger charge is 2.20. The summed E-state index contributed by atoms with van der Waals surface area (Å²) in [6, 6.07) is -0.579. The van der Waals surface area contributed by atoms with Gasteiger partial charge in [-0.1, -0.05) is 198 Å². The molecule has 0 saturated carbocycles. The van der Waals surface area contributed by atoms with Gasteiger partial charge in [-0.05, 0) is 77.0 Å². The molecule has 57 heavy (non-hydrogen) atoms. The first-order valence-corrected chi connectivity index (χ1v) is 24.7. The second kappa shape index (κ2) is 46.8. The lowest BCUT2D eigenvalue weighted by atomic mass is 10.0. The minimum Gasteiger partial charge on any atom is -0.466 e. The predicted octanol–water partition coefficient (Wildman–Crippen LogP) is 14.5. The van der Waals surface area contributed by atoms with E-state index in [0.29, 0.717) is 25.9 Å². The third kappa shape index (κ3) is 43.5. The number of unbranched alkanes of at least 4 members (excludes halogenated alkanes) is 28. The second-order valence-corrected chi connectivity index (χ2v) is 16.8. The van der Waals surface area contributed by atoms with Gasteiger partial charge >= 0.3 is 5.97 Å². The molecule has 3 N–H and O–H groups in total. The summed E-state index contributed by atoms with van der Waals surface area (Å²) in [5.74, 6) is -0.141. The van der Waals surface area contributed by atoms with Gasteiger partial charge in [0.15, 0.2) is 0 Å². The lowest BCUT2D eigenvalue weighted by molar-refractivity contribution is -0.143. The van der Waals surface area contributed by atoms with Crippen molar-refractivity contribution in [3.63, 3.8) is 0 Å². The van der Waals surface area contributed by atoms with E-state index >= 15 is 0 Å². The van der Waals surface area contributed by atoms with E-state index in [9.17, 15) is 19.8 Å². The molecule has 0 radical (unpaired) electrons. The summed E-state index contributed by atoms with van der Waals surface area (Å²) in [5.41, 5.74) is 0. The van der Waals surface area contributed by atoms with Crippen molar-refractivity contribution in [1.29, 1.82) is 0 Å². The van der Waals surface area contributed by atoms with Crippen LogP contribution in [0.1, 0.15) is 251 Å². The van der Waals surface area contributed by atoms with Gasteiger partial charge in [-0.2, -0.15) is 0 Å². The van der Waals surface area contributed by atoms with E-state index in [1.54, 1.807) is 0 Å². The number of allylic oxidation sites excluding steroid dienone is 6. The zero-order valence-corrected chi connectivity index (χ0v) is 37.8. The van der Waals surface area contributed by atoms with Crippen molar-refractivity contribution in [3.05, 3.63) is 36.5 Å². The number of carbonyl (C=O) groups is 2. The number of amides is 1. The maximum Gasteiger partial charge on any atom is 0.305 e. The van der Waals surface area contributed by atoms with Crippen molar-refractivity contribution in [3.8, 4) is 0 Å². The Morgan fingerprint density at radius 2 is 0.895 bits per heavy atom. The summed E-state index contributed by atoms with van der Waals surface area (Å²) in [5, 5.41) is 23.1. The summed E-state index contributed by atoms with van der Waals surface area (Å²) >= 11 is 0. The van der Waals surface area contributed by atoms with Gasteiger partial charge in [0.1, 0.15) is 0 Å². The first kappa shape index (κ1) is 55.1. The van der Waals surface area contributed by atoms with Crippen molar-refractivity contribution in [2.75, 3.05) is 13.2 Å². The first-order valence-electron chi connectivity index (χ1n) is 24.7. The number of hydrogen-bond acceptors (Lipinski definition) is 5. The summed E-state index contributed by atoms with van der Waals surface area (Å²) in [4.78, 5) is 24.4.